The Hall–Kier alpha value is -2.17. The van der Waals surface area contributed by atoms with Crippen molar-refractivity contribution in [1.82, 2.24) is 4.90 Å². The quantitative estimate of drug-likeness (QED) is 0.812. The highest BCUT2D eigenvalue weighted by Crippen LogP contribution is 2.23. The Morgan fingerprint density at radius 3 is 2.33 bits per heavy atom. The fraction of sp³-hybridized carbons (Fsp3) is 0.364. The van der Waals surface area contributed by atoms with Crippen LogP contribution >= 0.6 is 12.4 Å². The number of carbonyl (C=O) groups is 2. The van der Waals surface area contributed by atoms with Crippen LogP contribution in [0.2, 0.25) is 0 Å². The summed E-state index contributed by atoms with van der Waals surface area (Å²) in [6, 6.07) is 14.6. The molecule has 1 saturated heterocycles. The SMILES string of the molecule is Cc1ccc(C(=O)c2ccccc2C(=O)N2CCCC(C(C)N)C2)cc1.Cl. The van der Waals surface area contributed by atoms with Crippen LogP contribution in [0.15, 0.2) is 48.5 Å². The molecule has 144 valence electrons. The van der Waals surface area contributed by atoms with Gasteiger partial charge in [-0.1, -0.05) is 48.0 Å². The van der Waals surface area contributed by atoms with Crippen LogP contribution in [0.3, 0.4) is 0 Å². The number of amides is 1. The predicted molar refractivity (Wildman–Crippen MR) is 111 cm³/mol. The number of piperidine rings is 1. The minimum absolute atomic E-state index is 0. The summed E-state index contributed by atoms with van der Waals surface area (Å²) in [4.78, 5) is 27.9. The van der Waals surface area contributed by atoms with Gasteiger partial charge in [-0.25, -0.2) is 0 Å². The van der Waals surface area contributed by atoms with Crippen molar-refractivity contribution in [2.24, 2.45) is 11.7 Å². The van der Waals surface area contributed by atoms with Crippen LogP contribution in [0.5, 0.6) is 0 Å². The van der Waals surface area contributed by atoms with E-state index in [-0.39, 0.29) is 30.1 Å². The number of hydrogen-bond donors (Lipinski definition) is 1. The van der Waals surface area contributed by atoms with Crippen LogP contribution in [0.1, 0.15) is 51.6 Å². The van der Waals surface area contributed by atoms with Gasteiger partial charge in [0.05, 0.1) is 5.56 Å². The van der Waals surface area contributed by atoms with Crippen molar-refractivity contribution in [2.45, 2.75) is 32.7 Å². The predicted octanol–water partition coefficient (Wildman–Crippen LogP) is 3.85. The van der Waals surface area contributed by atoms with Gasteiger partial charge in [0.2, 0.25) is 0 Å². The van der Waals surface area contributed by atoms with Gasteiger partial charge in [0.1, 0.15) is 0 Å². The number of carbonyl (C=O) groups excluding carboxylic acids is 2. The van der Waals surface area contributed by atoms with Crippen molar-refractivity contribution < 1.29 is 9.59 Å². The van der Waals surface area contributed by atoms with Gasteiger partial charge in [-0.3, -0.25) is 9.59 Å². The second-order valence-corrected chi connectivity index (χ2v) is 7.25. The number of aryl methyl sites for hydroxylation is 1. The molecule has 4 nitrogen and oxygen atoms in total. The summed E-state index contributed by atoms with van der Waals surface area (Å²) in [5, 5.41) is 0. The molecule has 3 rings (SSSR count). The van der Waals surface area contributed by atoms with E-state index in [0.717, 1.165) is 24.9 Å². The Balaban J connectivity index is 0.00000261. The van der Waals surface area contributed by atoms with Gasteiger partial charge < -0.3 is 10.6 Å². The van der Waals surface area contributed by atoms with Gasteiger partial charge in [-0.05, 0) is 38.7 Å². The summed E-state index contributed by atoms with van der Waals surface area (Å²) in [6.45, 7) is 5.35. The van der Waals surface area contributed by atoms with Crippen molar-refractivity contribution in [3.05, 3.63) is 70.8 Å². The third-order valence-electron chi connectivity index (χ3n) is 5.20. The van der Waals surface area contributed by atoms with Gasteiger partial charge in [0, 0.05) is 30.3 Å². The number of likely N-dealkylation sites (tertiary alicyclic amines) is 1. The van der Waals surface area contributed by atoms with Crippen LogP contribution in [-0.2, 0) is 0 Å². The lowest BCUT2D eigenvalue weighted by molar-refractivity contribution is 0.0657. The first kappa shape index (κ1) is 21.1. The molecule has 1 aliphatic rings. The lowest BCUT2D eigenvalue weighted by atomic mass is 9.91. The molecule has 27 heavy (non-hydrogen) atoms. The highest BCUT2D eigenvalue weighted by molar-refractivity contribution is 6.15. The summed E-state index contributed by atoms with van der Waals surface area (Å²) in [7, 11) is 0. The molecular weight excluding hydrogens is 360 g/mol. The molecule has 5 heteroatoms. The van der Waals surface area contributed by atoms with E-state index in [1.807, 2.05) is 49.1 Å². The number of halogens is 1. The molecule has 1 amide bonds. The van der Waals surface area contributed by atoms with Crippen molar-refractivity contribution in [1.29, 1.82) is 0 Å². The third kappa shape index (κ3) is 4.76. The average Bonchev–Trinajstić information content (AvgIpc) is 2.67. The molecule has 2 unspecified atom stereocenters. The maximum absolute atomic E-state index is 13.1. The van der Waals surface area contributed by atoms with Crippen LogP contribution in [0.4, 0.5) is 0 Å². The third-order valence-corrected chi connectivity index (χ3v) is 5.20. The first-order valence-electron chi connectivity index (χ1n) is 9.22. The van der Waals surface area contributed by atoms with E-state index in [2.05, 4.69) is 0 Å². The Labute approximate surface area is 167 Å². The van der Waals surface area contributed by atoms with Crippen molar-refractivity contribution in [3.63, 3.8) is 0 Å². The van der Waals surface area contributed by atoms with E-state index in [1.165, 1.54) is 0 Å². The highest BCUT2D eigenvalue weighted by Gasteiger charge is 2.28. The van der Waals surface area contributed by atoms with Crippen LogP contribution in [-0.4, -0.2) is 35.7 Å². The lowest BCUT2D eigenvalue weighted by Crippen LogP contribution is -2.45. The second kappa shape index (κ2) is 9.16. The maximum Gasteiger partial charge on any atom is 0.254 e. The number of ketones is 1. The van der Waals surface area contributed by atoms with Gasteiger partial charge >= 0.3 is 0 Å². The molecule has 2 aromatic carbocycles. The Morgan fingerprint density at radius 1 is 1.07 bits per heavy atom. The topological polar surface area (TPSA) is 63.4 Å². The second-order valence-electron chi connectivity index (χ2n) is 7.25. The highest BCUT2D eigenvalue weighted by atomic mass is 35.5. The first-order valence-corrected chi connectivity index (χ1v) is 9.22. The first-order chi connectivity index (χ1) is 12.5. The van der Waals surface area contributed by atoms with Crippen molar-refractivity contribution in [2.75, 3.05) is 13.1 Å². The molecule has 2 N–H and O–H groups in total. The smallest absolute Gasteiger partial charge is 0.254 e. The van der Waals surface area contributed by atoms with Crippen LogP contribution < -0.4 is 5.73 Å². The normalized spacial score (nSPS) is 17.7. The molecule has 1 heterocycles. The number of hydrogen-bond acceptors (Lipinski definition) is 3. The summed E-state index contributed by atoms with van der Waals surface area (Å²) in [5.74, 6) is 0.119. The zero-order valence-corrected chi connectivity index (χ0v) is 16.7. The minimum atomic E-state index is -0.116. The van der Waals surface area contributed by atoms with E-state index in [1.54, 1.807) is 18.2 Å². The number of nitrogens with two attached hydrogens (primary N) is 1. The largest absolute Gasteiger partial charge is 0.338 e. The van der Waals surface area contributed by atoms with Gasteiger partial charge in [0.25, 0.3) is 5.91 Å². The Morgan fingerprint density at radius 2 is 1.70 bits per heavy atom. The van der Waals surface area contributed by atoms with Crippen LogP contribution in [0, 0.1) is 12.8 Å². The number of benzene rings is 2. The minimum Gasteiger partial charge on any atom is -0.338 e. The van der Waals surface area contributed by atoms with Gasteiger partial charge in [-0.2, -0.15) is 0 Å². The molecule has 0 aliphatic carbocycles. The van der Waals surface area contributed by atoms with E-state index < -0.39 is 0 Å². The molecule has 2 atom stereocenters. The molecule has 1 fully saturated rings. The Bertz CT molecular complexity index is 802. The van der Waals surface area contributed by atoms with Crippen LogP contribution in [0.25, 0.3) is 0 Å². The zero-order chi connectivity index (χ0) is 18.7. The number of rotatable bonds is 4. The summed E-state index contributed by atoms with van der Waals surface area (Å²) in [6.07, 6.45) is 2.00. The summed E-state index contributed by atoms with van der Waals surface area (Å²) in [5.41, 5.74) is 8.68. The molecular formula is C22H27ClN2O2. The standard InChI is InChI=1S/C22H26N2O2.ClH/c1-15-9-11-17(12-10-15)21(25)19-7-3-4-8-20(19)22(26)24-13-5-6-18(14-24)16(2)23;/h3-4,7-12,16,18H,5-6,13-14,23H2,1-2H3;1H. The molecule has 0 aromatic heterocycles. The maximum atomic E-state index is 13.1. The van der Waals surface area contributed by atoms with E-state index in [4.69, 9.17) is 5.73 Å². The molecule has 2 aromatic rings. The van der Waals surface area contributed by atoms with Gasteiger partial charge in [-0.15, -0.1) is 12.4 Å². The molecule has 1 aliphatic heterocycles. The fourth-order valence-corrected chi connectivity index (χ4v) is 3.52. The molecule has 0 spiro atoms. The summed E-state index contributed by atoms with van der Waals surface area (Å²) < 4.78 is 0. The lowest BCUT2D eigenvalue weighted by Gasteiger charge is -2.35. The number of nitrogens with zero attached hydrogens (tertiary/aromatic N) is 1. The van der Waals surface area contributed by atoms with Crippen molar-refractivity contribution >= 4 is 24.1 Å². The van der Waals surface area contributed by atoms with Crippen molar-refractivity contribution in [3.8, 4) is 0 Å². The average molecular weight is 387 g/mol. The Kier molecular flexibility index (Phi) is 7.17. The zero-order valence-electron chi connectivity index (χ0n) is 15.9. The molecule has 0 radical (unpaired) electrons. The summed E-state index contributed by atoms with van der Waals surface area (Å²) >= 11 is 0. The van der Waals surface area contributed by atoms with E-state index in [9.17, 15) is 9.59 Å². The molecule has 0 saturated carbocycles. The van der Waals surface area contributed by atoms with E-state index in [0.29, 0.717) is 29.2 Å². The van der Waals surface area contributed by atoms with E-state index >= 15 is 0 Å². The fourth-order valence-electron chi connectivity index (χ4n) is 3.52. The monoisotopic (exact) mass is 386 g/mol. The molecule has 0 bridgehead atoms. The van der Waals surface area contributed by atoms with Gasteiger partial charge in [0.15, 0.2) is 5.78 Å².